The number of nitrogens with zero attached hydrogens (tertiary/aromatic N) is 1. The summed E-state index contributed by atoms with van der Waals surface area (Å²) in [5.41, 5.74) is 9.22. The molecule has 2 nitrogen and oxygen atoms in total. The first-order valence-electron chi connectivity index (χ1n) is 5.74. The van der Waals surface area contributed by atoms with E-state index in [1.54, 1.807) is 0 Å². The smallest absolute Gasteiger partial charge is 0.0528 e. The molecule has 0 spiro atoms. The number of hydrogen-bond acceptors (Lipinski definition) is 1. The number of fused-ring (bicyclic) bond motifs is 1. The molecule has 0 fully saturated rings. The van der Waals surface area contributed by atoms with Gasteiger partial charge in [-0.05, 0) is 35.9 Å². The topological polar surface area (TPSA) is 30.9 Å². The van der Waals surface area contributed by atoms with Gasteiger partial charge in [-0.1, -0.05) is 24.3 Å². The van der Waals surface area contributed by atoms with Crippen LogP contribution in [0, 0.1) is 0 Å². The maximum atomic E-state index is 5.65. The minimum atomic E-state index is 0.590. The molecule has 0 saturated carbocycles. The van der Waals surface area contributed by atoms with Gasteiger partial charge in [-0.2, -0.15) is 0 Å². The molecule has 0 radical (unpaired) electrons. The number of aromatic nitrogens is 1. The SMILES string of the molecule is NCc1ccc2c(ccn2-c2ccccc2)c1. The molecule has 0 aliphatic rings. The van der Waals surface area contributed by atoms with Crippen LogP contribution in [0.25, 0.3) is 16.6 Å². The second kappa shape index (κ2) is 4.07. The van der Waals surface area contributed by atoms with Crippen molar-refractivity contribution in [2.75, 3.05) is 0 Å². The molecule has 0 bridgehead atoms. The van der Waals surface area contributed by atoms with Gasteiger partial charge in [-0.15, -0.1) is 0 Å². The first kappa shape index (κ1) is 10.1. The zero-order valence-electron chi connectivity index (χ0n) is 9.51. The van der Waals surface area contributed by atoms with Crippen LogP contribution in [0.4, 0.5) is 0 Å². The highest BCUT2D eigenvalue weighted by Gasteiger charge is 2.02. The van der Waals surface area contributed by atoms with Crippen LogP contribution < -0.4 is 5.73 Å². The van der Waals surface area contributed by atoms with E-state index in [1.807, 2.05) is 6.07 Å². The van der Waals surface area contributed by atoms with Crippen LogP contribution in [0.5, 0.6) is 0 Å². The highest BCUT2D eigenvalue weighted by molar-refractivity contribution is 5.82. The number of para-hydroxylation sites is 1. The second-order valence-electron chi connectivity index (χ2n) is 4.12. The molecule has 3 aromatic rings. The lowest BCUT2D eigenvalue weighted by molar-refractivity contribution is 1.07. The maximum Gasteiger partial charge on any atom is 0.0528 e. The summed E-state index contributed by atoms with van der Waals surface area (Å²) < 4.78 is 2.19. The van der Waals surface area contributed by atoms with Crippen LogP contribution in [0.15, 0.2) is 60.8 Å². The molecule has 84 valence electrons. The van der Waals surface area contributed by atoms with E-state index in [9.17, 15) is 0 Å². The van der Waals surface area contributed by atoms with Gasteiger partial charge in [-0.25, -0.2) is 0 Å². The minimum absolute atomic E-state index is 0.590. The third-order valence-corrected chi connectivity index (χ3v) is 3.02. The largest absolute Gasteiger partial charge is 0.326 e. The molecule has 1 aromatic heterocycles. The predicted octanol–water partition coefficient (Wildman–Crippen LogP) is 3.09. The van der Waals surface area contributed by atoms with Crippen molar-refractivity contribution in [3.63, 3.8) is 0 Å². The normalized spacial score (nSPS) is 10.9. The van der Waals surface area contributed by atoms with Crippen LogP contribution in [0.2, 0.25) is 0 Å². The average molecular weight is 222 g/mol. The number of nitrogens with two attached hydrogens (primary N) is 1. The Balaban J connectivity index is 2.19. The molecule has 0 aliphatic heterocycles. The zero-order valence-corrected chi connectivity index (χ0v) is 9.51. The Morgan fingerprint density at radius 1 is 0.941 bits per heavy atom. The van der Waals surface area contributed by atoms with Gasteiger partial charge in [0.2, 0.25) is 0 Å². The fraction of sp³-hybridized carbons (Fsp3) is 0.0667. The summed E-state index contributed by atoms with van der Waals surface area (Å²) in [6.45, 7) is 0.590. The Bertz CT molecular complexity index is 638. The monoisotopic (exact) mass is 222 g/mol. The van der Waals surface area contributed by atoms with Gasteiger partial charge in [0, 0.05) is 23.8 Å². The summed E-state index contributed by atoms with van der Waals surface area (Å²) >= 11 is 0. The molecule has 2 heteroatoms. The van der Waals surface area contributed by atoms with Crippen molar-refractivity contribution < 1.29 is 0 Å². The predicted molar refractivity (Wildman–Crippen MR) is 71.2 cm³/mol. The number of rotatable bonds is 2. The first-order valence-corrected chi connectivity index (χ1v) is 5.74. The van der Waals surface area contributed by atoms with E-state index in [0.29, 0.717) is 6.54 Å². The molecule has 2 aromatic carbocycles. The van der Waals surface area contributed by atoms with E-state index >= 15 is 0 Å². The lowest BCUT2D eigenvalue weighted by Crippen LogP contribution is -1.96. The highest BCUT2D eigenvalue weighted by atomic mass is 15.0. The van der Waals surface area contributed by atoms with Gasteiger partial charge in [0.25, 0.3) is 0 Å². The zero-order chi connectivity index (χ0) is 11.7. The van der Waals surface area contributed by atoms with Gasteiger partial charge >= 0.3 is 0 Å². The van der Waals surface area contributed by atoms with Gasteiger partial charge in [0.15, 0.2) is 0 Å². The molecule has 2 N–H and O–H groups in total. The minimum Gasteiger partial charge on any atom is -0.326 e. The van der Waals surface area contributed by atoms with Crippen molar-refractivity contribution in [2.45, 2.75) is 6.54 Å². The Morgan fingerprint density at radius 3 is 2.53 bits per heavy atom. The van der Waals surface area contributed by atoms with E-state index in [0.717, 1.165) is 0 Å². The van der Waals surface area contributed by atoms with Crippen LogP contribution in [0.3, 0.4) is 0 Å². The van der Waals surface area contributed by atoms with E-state index in [-0.39, 0.29) is 0 Å². The Hall–Kier alpha value is -2.06. The summed E-state index contributed by atoms with van der Waals surface area (Å²) in [5, 5.41) is 1.23. The lowest BCUT2D eigenvalue weighted by atomic mass is 10.1. The summed E-state index contributed by atoms with van der Waals surface area (Å²) in [5.74, 6) is 0. The Kier molecular flexibility index (Phi) is 2.42. The number of benzene rings is 2. The van der Waals surface area contributed by atoms with Gasteiger partial charge in [0.05, 0.1) is 5.52 Å². The Morgan fingerprint density at radius 2 is 1.76 bits per heavy atom. The standard InChI is InChI=1S/C15H14N2/c16-11-12-6-7-15-13(10-12)8-9-17(15)14-4-2-1-3-5-14/h1-10H,11,16H2. The molecule has 3 rings (SSSR count). The molecule has 0 aliphatic carbocycles. The summed E-state index contributed by atoms with van der Waals surface area (Å²) in [4.78, 5) is 0. The fourth-order valence-electron chi connectivity index (χ4n) is 2.13. The van der Waals surface area contributed by atoms with Gasteiger partial charge in [0.1, 0.15) is 0 Å². The van der Waals surface area contributed by atoms with Crippen molar-refractivity contribution in [1.82, 2.24) is 4.57 Å². The fourth-order valence-corrected chi connectivity index (χ4v) is 2.13. The summed E-state index contributed by atoms with van der Waals surface area (Å²) in [6.07, 6.45) is 2.10. The average Bonchev–Trinajstić information content (AvgIpc) is 2.82. The summed E-state index contributed by atoms with van der Waals surface area (Å²) in [6, 6.07) is 18.8. The van der Waals surface area contributed by atoms with Crippen molar-refractivity contribution in [2.24, 2.45) is 5.73 Å². The van der Waals surface area contributed by atoms with E-state index in [1.165, 1.54) is 22.2 Å². The Labute approximate surface area is 100 Å². The van der Waals surface area contributed by atoms with Crippen molar-refractivity contribution in [3.05, 3.63) is 66.4 Å². The number of hydrogen-bond donors (Lipinski definition) is 1. The van der Waals surface area contributed by atoms with E-state index in [4.69, 9.17) is 5.73 Å². The molecule has 0 amide bonds. The first-order chi connectivity index (χ1) is 8.38. The van der Waals surface area contributed by atoms with Crippen LogP contribution in [-0.4, -0.2) is 4.57 Å². The van der Waals surface area contributed by atoms with E-state index in [2.05, 4.69) is 59.3 Å². The van der Waals surface area contributed by atoms with Crippen molar-refractivity contribution >= 4 is 10.9 Å². The van der Waals surface area contributed by atoms with Crippen LogP contribution in [0.1, 0.15) is 5.56 Å². The molecule has 1 heterocycles. The molecular weight excluding hydrogens is 208 g/mol. The van der Waals surface area contributed by atoms with Gasteiger partial charge in [-0.3, -0.25) is 0 Å². The molecule has 0 atom stereocenters. The third kappa shape index (κ3) is 1.73. The maximum absolute atomic E-state index is 5.65. The third-order valence-electron chi connectivity index (χ3n) is 3.02. The highest BCUT2D eigenvalue weighted by Crippen LogP contribution is 2.21. The van der Waals surface area contributed by atoms with E-state index < -0.39 is 0 Å². The van der Waals surface area contributed by atoms with Crippen molar-refractivity contribution in [3.8, 4) is 5.69 Å². The lowest BCUT2D eigenvalue weighted by Gasteiger charge is -2.05. The molecule has 17 heavy (non-hydrogen) atoms. The molecule has 0 unspecified atom stereocenters. The summed E-state index contributed by atoms with van der Waals surface area (Å²) in [7, 11) is 0. The second-order valence-corrected chi connectivity index (χ2v) is 4.12. The molecule has 0 saturated heterocycles. The quantitative estimate of drug-likeness (QED) is 0.709. The van der Waals surface area contributed by atoms with Crippen LogP contribution >= 0.6 is 0 Å². The molecular formula is C15H14N2. The van der Waals surface area contributed by atoms with Crippen molar-refractivity contribution in [1.29, 1.82) is 0 Å². The van der Waals surface area contributed by atoms with Gasteiger partial charge < -0.3 is 10.3 Å². The van der Waals surface area contributed by atoms with Crippen LogP contribution in [-0.2, 0) is 6.54 Å².